The highest BCUT2D eigenvalue weighted by Gasteiger charge is 2.18. The molecule has 0 saturated carbocycles. The normalized spacial score (nSPS) is 13.7. The van der Waals surface area contributed by atoms with Gasteiger partial charge in [-0.05, 0) is 22.1 Å². The van der Waals surface area contributed by atoms with Gasteiger partial charge in [-0.25, -0.2) is 4.79 Å². The molecule has 1 aromatic rings. The smallest absolute Gasteiger partial charge is 0.332 e. The van der Waals surface area contributed by atoms with Crippen LogP contribution in [0.3, 0.4) is 0 Å². The molecule has 0 aliphatic heterocycles. The summed E-state index contributed by atoms with van der Waals surface area (Å²) < 4.78 is 1.64. The molecular formula is C12H13IO2. The van der Waals surface area contributed by atoms with Gasteiger partial charge in [0.1, 0.15) is 0 Å². The maximum atomic E-state index is 11.0. The summed E-state index contributed by atoms with van der Waals surface area (Å²) in [5.41, 5.74) is 2.63. The van der Waals surface area contributed by atoms with E-state index in [-0.39, 0.29) is 5.92 Å². The number of aliphatic carboxylic acids is 1. The Morgan fingerprint density at radius 2 is 2.07 bits per heavy atom. The number of benzene rings is 1. The zero-order valence-electron chi connectivity index (χ0n) is 8.70. The molecule has 0 aliphatic rings. The summed E-state index contributed by atoms with van der Waals surface area (Å²) >= 11 is 1.98. The van der Waals surface area contributed by atoms with Crippen molar-refractivity contribution in [3.8, 4) is 0 Å². The van der Waals surface area contributed by atoms with Gasteiger partial charge in [0.05, 0.1) is 5.57 Å². The van der Waals surface area contributed by atoms with Crippen LogP contribution < -0.4 is 0 Å². The molecule has 0 heterocycles. The Bertz CT molecular complexity index is 396. The van der Waals surface area contributed by atoms with Gasteiger partial charge in [0.15, 0.2) is 0 Å². The van der Waals surface area contributed by atoms with E-state index in [1.165, 1.54) is 0 Å². The summed E-state index contributed by atoms with van der Waals surface area (Å²) in [7, 11) is 0. The summed E-state index contributed by atoms with van der Waals surface area (Å²) in [6.45, 7) is 3.92. The maximum Gasteiger partial charge on any atom is 0.332 e. The molecule has 0 saturated heterocycles. The Morgan fingerprint density at radius 1 is 1.47 bits per heavy atom. The second-order valence-corrected chi connectivity index (χ2v) is 4.07. The molecule has 3 heteroatoms. The van der Waals surface area contributed by atoms with Crippen LogP contribution in [0, 0.1) is 6.92 Å². The zero-order chi connectivity index (χ0) is 11.4. The van der Waals surface area contributed by atoms with Crippen molar-refractivity contribution < 1.29 is 9.90 Å². The van der Waals surface area contributed by atoms with Crippen molar-refractivity contribution in [3.05, 3.63) is 45.0 Å². The predicted octanol–water partition coefficient (Wildman–Crippen LogP) is 3.50. The molecule has 1 atom stereocenters. The highest BCUT2D eigenvalue weighted by Crippen LogP contribution is 2.27. The molecule has 0 radical (unpaired) electrons. The van der Waals surface area contributed by atoms with Gasteiger partial charge in [-0.2, -0.15) is 0 Å². The predicted molar refractivity (Wildman–Crippen MR) is 69.3 cm³/mol. The molecular weight excluding hydrogens is 303 g/mol. The topological polar surface area (TPSA) is 37.3 Å². The Balaban J connectivity index is 3.09. The van der Waals surface area contributed by atoms with Crippen molar-refractivity contribution >= 4 is 28.6 Å². The van der Waals surface area contributed by atoms with E-state index in [1.807, 2.05) is 60.7 Å². The van der Waals surface area contributed by atoms with Crippen LogP contribution in [-0.4, -0.2) is 11.1 Å². The largest absolute Gasteiger partial charge is 0.478 e. The third kappa shape index (κ3) is 2.81. The summed E-state index contributed by atoms with van der Waals surface area (Å²) in [6, 6.07) is 7.87. The Labute approximate surface area is 103 Å². The standard InChI is InChI=1S/C12H13IO2/c1-8-5-3-4-6-10(8)9(2)11(7-13)12(14)15/h3-7,9H,1-2H3,(H,14,15). The van der Waals surface area contributed by atoms with Crippen molar-refractivity contribution in [2.45, 2.75) is 19.8 Å². The second-order valence-electron chi connectivity index (χ2n) is 3.45. The van der Waals surface area contributed by atoms with Crippen LogP contribution in [0.15, 0.2) is 33.9 Å². The summed E-state index contributed by atoms with van der Waals surface area (Å²) in [6.07, 6.45) is 0. The number of aryl methyl sites for hydroxylation is 1. The van der Waals surface area contributed by atoms with E-state index in [0.717, 1.165) is 11.1 Å². The minimum Gasteiger partial charge on any atom is -0.478 e. The first-order valence-electron chi connectivity index (χ1n) is 4.67. The first kappa shape index (κ1) is 12.2. The fraction of sp³-hybridized carbons (Fsp3) is 0.250. The Morgan fingerprint density at radius 3 is 2.53 bits per heavy atom. The molecule has 0 fully saturated rings. The lowest BCUT2D eigenvalue weighted by Gasteiger charge is -2.14. The van der Waals surface area contributed by atoms with Crippen molar-refractivity contribution in [1.82, 2.24) is 0 Å². The van der Waals surface area contributed by atoms with Gasteiger partial charge in [0.2, 0.25) is 0 Å². The minimum absolute atomic E-state index is 0.0689. The number of hydrogen-bond donors (Lipinski definition) is 1. The summed E-state index contributed by atoms with van der Waals surface area (Å²) in [4.78, 5) is 11.0. The second kappa shape index (κ2) is 5.30. The number of hydrogen-bond acceptors (Lipinski definition) is 1. The number of carbonyl (C=O) groups is 1. The van der Waals surface area contributed by atoms with Crippen LogP contribution in [0.25, 0.3) is 0 Å². The van der Waals surface area contributed by atoms with Crippen molar-refractivity contribution in [3.63, 3.8) is 0 Å². The van der Waals surface area contributed by atoms with E-state index in [0.29, 0.717) is 5.57 Å². The number of halogens is 1. The molecule has 1 N–H and O–H groups in total. The van der Waals surface area contributed by atoms with E-state index in [9.17, 15) is 4.79 Å². The van der Waals surface area contributed by atoms with E-state index in [2.05, 4.69) is 0 Å². The van der Waals surface area contributed by atoms with Crippen LogP contribution >= 0.6 is 22.6 Å². The fourth-order valence-corrected chi connectivity index (χ4v) is 2.37. The molecule has 0 spiro atoms. The van der Waals surface area contributed by atoms with Gasteiger partial charge in [-0.1, -0.05) is 53.8 Å². The first-order chi connectivity index (χ1) is 7.07. The van der Waals surface area contributed by atoms with E-state index >= 15 is 0 Å². The van der Waals surface area contributed by atoms with Crippen LogP contribution in [-0.2, 0) is 4.79 Å². The third-order valence-corrected chi connectivity index (χ3v) is 3.16. The Kier molecular flexibility index (Phi) is 4.32. The van der Waals surface area contributed by atoms with Crippen molar-refractivity contribution in [1.29, 1.82) is 0 Å². The average Bonchev–Trinajstić information content (AvgIpc) is 2.18. The third-order valence-electron chi connectivity index (χ3n) is 2.49. The summed E-state index contributed by atoms with van der Waals surface area (Å²) in [5, 5.41) is 9.02. The van der Waals surface area contributed by atoms with E-state index in [4.69, 9.17) is 5.11 Å². The molecule has 0 amide bonds. The molecule has 0 bridgehead atoms. The van der Waals surface area contributed by atoms with Crippen molar-refractivity contribution in [2.75, 3.05) is 0 Å². The van der Waals surface area contributed by atoms with Crippen LogP contribution in [0.2, 0.25) is 0 Å². The fourth-order valence-electron chi connectivity index (χ4n) is 1.57. The van der Waals surface area contributed by atoms with Gasteiger partial charge in [0.25, 0.3) is 0 Å². The van der Waals surface area contributed by atoms with E-state index in [1.54, 1.807) is 4.08 Å². The van der Waals surface area contributed by atoms with Crippen LogP contribution in [0.4, 0.5) is 0 Å². The van der Waals surface area contributed by atoms with Gasteiger partial charge < -0.3 is 5.11 Å². The highest BCUT2D eigenvalue weighted by atomic mass is 127. The SMILES string of the molecule is Cc1ccccc1C(C)C(=CI)C(=O)O. The van der Waals surface area contributed by atoms with Crippen LogP contribution in [0.5, 0.6) is 0 Å². The molecule has 2 nitrogen and oxygen atoms in total. The maximum absolute atomic E-state index is 11.0. The molecule has 0 aromatic heterocycles. The van der Waals surface area contributed by atoms with Gasteiger partial charge in [0, 0.05) is 5.92 Å². The number of rotatable bonds is 3. The molecule has 1 rings (SSSR count). The Hall–Kier alpha value is -0.840. The van der Waals surface area contributed by atoms with Crippen LogP contribution in [0.1, 0.15) is 24.0 Å². The van der Waals surface area contributed by atoms with Crippen molar-refractivity contribution in [2.24, 2.45) is 0 Å². The summed E-state index contributed by atoms with van der Waals surface area (Å²) in [5.74, 6) is -0.916. The molecule has 80 valence electrons. The number of carboxylic acids is 1. The van der Waals surface area contributed by atoms with Gasteiger partial charge >= 0.3 is 5.97 Å². The molecule has 1 unspecified atom stereocenters. The quantitative estimate of drug-likeness (QED) is 0.684. The molecule has 1 aromatic carbocycles. The van der Waals surface area contributed by atoms with E-state index < -0.39 is 5.97 Å². The molecule has 15 heavy (non-hydrogen) atoms. The lowest BCUT2D eigenvalue weighted by atomic mass is 9.91. The molecule has 0 aliphatic carbocycles. The minimum atomic E-state index is -0.847. The van der Waals surface area contributed by atoms with Gasteiger partial charge in [-0.15, -0.1) is 0 Å². The first-order valence-corrected chi connectivity index (χ1v) is 5.91. The monoisotopic (exact) mass is 316 g/mol. The lowest BCUT2D eigenvalue weighted by molar-refractivity contribution is -0.132. The highest BCUT2D eigenvalue weighted by molar-refractivity contribution is 14.1. The van der Waals surface area contributed by atoms with Gasteiger partial charge in [-0.3, -0.25) is 0 Å². The number of carboxylic acid groups (broad SMARTS) is 1. The zero-order valence-corrected chi connectivity index (χ0v) is 10.9. The average molecular weight is 316 g/mol. The lowest BCUT2D eigenvalue weighted by Crippen LogP contribution is -2.09.